The molecular formula is C9H18N2OS. The van der Waals surface area contributed by atoms with Gasteiger partial charge in [0.05, 0.1) is 6.54 Å². The molecule has 0 radical (unpaired) electrons. The first-order valence-corrected chi connectivity index (χ1v) is 5.92. The first-order valence-electron chi connectivity index (χ1n) is 4.87. The minimum atomic E-state index is 0.0985. The maximum absolute atomic E-state index is 11.3. The predicted molar refractivity (Wildman–Crippen MR) is 56.8 cm³/mol. The number of likely N-dealkylation sites (tertiary alicyclic amines) is 1. The topological polar surface area (TPSA) is 46.3 Å². The molecule has 0 bridgehead atoms. The van der Waals surface area contributed by atoms with Gasteiger partial charge >= 0.3 is 0 Å². The Morgan fingerprint density at radius 3 is 3.08 bits per heavy atom. The van der Waals surface area contributed by atoms with Gasteiger partial charge in [-0.15, -0.1) is 0 Å². The standard InChI is InChI=1S/C9H18N2OS/c1-2-13-8-4-3-5-11(7-8)9(12)6-10/h8H,2-7,10H2,1H3. The van der Waals surface area contributed by atoms with Gasteiger partial charge in [0.2, 0.25) is 5.91 Å². The van der Waals surface area contributed by atoms with Gasteiger partial charge in [-0.1, -0.05) is 6.92 Å². The zero-order valence-electron chi connectivity index (χ0n) is 8.16. The summed E-state index contributed by atoms with van der Waals surface area (Å²) in [5, 5.41) is 0.634. The summed E-state index contributed by atoms with van der Waals surface area (Å²) in [5.41, 5.74) is 5.32. The number of carbonyl (C=O) groups is 1. The van der Waals surface area contributed by atoms with Gasteiger partial charge in [0.15, 0.2) is 0 Å². The van der Waals surface area contributed by atoms with Crippen LogP contribution in [0.2, 0.25) is 0 Å². The second-order valence-electron chi connectivity index (χ2n) is 3.26. The van der Waals surface area contributed by atoms with Gasteiger partial charge < -0.3 is 10.6 Å². The van der Waals surface area contributed by atoms with E-state index >= 15 is 0 Å². The van der Waals surface area contributed by atoms with Gasteiger partial charge in [-0.25, -0.2) is 0 Å². The number of hydrogen-bond donors (Lipinski definition) is 1. The highest BCUT2D eigenvalue weighted by Crippen LogP contribution is 2.21. The van der Waals surface area contributed by atoms with E-state index in [2.05, 4.69) is 6.92 Å². The van der Waals surface area contributed by atoms with Crippen LogP contribution in [0.25, 0.3) is 0 Å². The monoisotopic (exact) mass is 202 g/mol. The molecule has 1 amide bonds. The number of nitrogens with zero attached hydrogens (tertiary/aromatic N) is 1. The Hall–Kier alpha value is -0.220. The van der Waals surface area contributed by atoms with Gasteiger partial charge in [0.25, 0.3) is 0 Å². The van der Waals surface area contributed by atoms with Crippen molar-refractivity contribution in [3.8, 4) is 0 Å². The third-order valence-corrected chi connectivity index (χ3v) is 3.50. The molecule has 76 valence electrons. The number of rotatable bonds is 3. The molecule has 2 N–H and O–H groups in total. The molecule has 4 heteroatoms. The number of carbonyl (C=O) groups excluding carboxylic acids is 1. The van der Waals surface area contributed by atoms with E-state index in [9.17, 15) is 4.79 Å². The van der Waals surface area contributed by atoms with Crippen molar-refractivity contribution in [3.05, 3.63) is 0 Å². The fourth-order valence-electron chi connectivity index (χ4n) is 1.67. The number of thioether (sulfide) groups is 1. The molecular weight excluding hydrogens is 184 g/mol. The van der Waals surface area contributed by atoms with Crippen LogP contribution in [-0.2, 0) is 4.79 Å². The van der Waals surface area contributed by atoms with Gasteiger partial charge in [0, 0.05) is 18.3 Å². The van der Waals surface area contributed by atoms with Gasteiger partial charge in [-0.05, 0) is 18.6 Å². The van der Waals surface area contributed by atoms with E-state index in [1.807, 2.05) is 16.7 Å². The van der Waals surface area contributed by atoms with Crippen molar-refractivity contribution >= 4 is 17.7 Å². The van der Waals surface area contributed by atoms with E-state index < -0.39 is 0 Å². The quantitative estimate of drug-likeness (QED) is 0.732. The first kappa shape index (κ1) is 10.9. The first-order chi connectivity index (χ1) is 6.27. The summed E-state index contributed by atoms with van der Waals surface area (Å²) in [6, 6.07) is 0. The van der Waals surface area contributed by atoms with Crippen LogP contribution in [0.5, 0.6) is 0 Å². The van der Waals surface area contributed by atoms with Crippen LogP contribution in [0, 0.1) is 0 Å². The summed E-state index contributed by atoms with van der Waals surface area (Å²) in [5.74, 6) is 1.23. The Morgan fingerprint density at radius 2 is 2.46 bits per heavy atom. The molecule has 0 aromatic heterocycles. The number of hydrogen-bond acceptors (Lipinski definition) is 3. The molecule has 0 aromatic carbocycles. The molecule has 1 aliphatic rings. The zero-order valence-corrected chi connectivity index (χ0v) is 8.98. The Labute approximate surface area is 84.0 Å². The van der Waals surface area contributed by atoms with Crippen LogP contribution >= 0.6 is 11.8 Å². The van der Waals surface area contributed by atoms with Crippen LogP contribution in [0.4, 0.5) is 0 Å². The molecule has 1 aliphatic heterocycles. The third kappa shape index (κ3) is 3.19. The molecule has 0 aromatic rings. The molecule has 3 nitrogen and oxygen atoms in total. The highest BCUT2D eigenvalue weighted by atomic mass is 32.2. The Bertz CT molecular complexity index is 173. The smallest absolute Gasteiger partial charge is 0.236 e. The predicted octanol–water partition coefficient (Wildman–Crippen LogP) is 0.689. The SMILES string of the molecule is CCSC1CCCN(C(=O)CN)C1. The molecule has 1 atom stereocenters. The van der Waals surface area contributed by atoms with Gasteiger partial charge in [-0.2, -0.15) is 11.8 Å². The summed E-state index contributed by atoms with van der Waals surface area (Å²) < 4.78 is 0. The molecule has 13 heavy (non-hydrogen) atoms. The van der Waals surface area contributed by atoms with E-state index in [4.69, 9.17) is 5.73 Å². The fraction of sp³-hybridized carbons (Fsp3) is 0.889. The molecule has 1 saturated heterocycles. The van der Waals surface area contributed by atoms with E-state index in [0.29, 0.717) is 5.25 Å². The zero-order chi connectivity index (χ0) is 9.68. The van der Waals surface area contributed by atoms with E-state index in [0.717, 1.165) is 25.3 Å². The number of nitrogens with two attached hydrogens (primary N) is 1. The summed E-state index contributed by atoms with van der Waals surface area (Å²) in [4.78, 5) is 13.2. The van der Waals surface area contributed by atoms with Crippen molar-refractivity contribution in [2.45, 2.75) is 25.0 Å². The molecule has 1 unspecified atom stereocenters. The van der Waals surface area contributed by atoms with Crippen LogP contribution < -0.4 is 5.73 Å². The average molecular weight is 202 g/mol. The van der Waals surface area contributed by atoms with Crippen molar-refractivity contribution in [1.82, 2.24) is 4.90 Å². The van der Waals surface area contributed by atoms with E-state index in [-0.39, 0.29) is 12.5 Å². The minimum absolute atomic E-state index is 0.0985. The largest absolute Gasteiger partial charge is 0.340 e. The number of piperidine rings is 1. The van der Waals surface area contributed by atoms with E-state index in [1.54, 1.807) is 0 Å². The van der Waals surface area contributed by atoms with E-state index in [1.165, 1.54) is 6.42 Å². The lowest BCUT2D eigenvalue weighted by Crippen LogP contribution is -2.43. The van der Waals surface area contributed by atoms with Crippen molar-refractivity contribution in [1.29, 1.82) is 0 Å². The minimum Gasteiger partial charge on any atom is -0.340 e. The molecule has 0 saturated carbocycles. The summed E-state index contributed by atoms with van der Waals surface area (Å²) >= 11 is 1.95. The lowest BCUT2D eigenvalue weighted by Gasteiger charge is -2.32. The molecule has 1 fully saturated rings. The summed E-state index contributed by atoms with van der Waals surface area (Å²) in [7, 11) is 0. The maximum Gasteiger partial charge on any atom is 0.236 e. The summed E-state index contributed by atoms with van der Waals surface area (Å²) in [6.45, 7) is 4.11. The molecule has 1 heterocycles. The van der Waals surface area contributed by atoms with Crippen LogP contribution in [0.15, 0.2) is 0 Å². The lowest BCUT2D eigenvalue weighted by molar-refractivity contribution is -0.130. The normalized spacial score (nSPS) is 23.2. The highest BCUT2D eigenvalue weighted by Gasteiger charge is 2.22. The van der Waals surface area contributed by atoms with Gasteiger partial charge in [-0.3, -0.25) is 4.79 Å². The Kier molecular flexibility index (Phi) is 4.59. The maximum atomic E-state index is 11.3. The molecule has 0 spiro atoms. The summed E-state index contributed by atoms with van der Waals surface area (Å²) in [6.07, 6.45) is 2.37. The van der Waals surface area contributed by atoms with Crippen LogP contribution in [0.1, 0.15) is 19.8 Å². The van der Waals surface area contributed by atoms with Crippen LogP contribution in [0.3, 0.4) is 0 Å². The average Bonchev–Trinajstić information content (AvgIpc) is 2.18. The van der Waals surface area contributed by atoms with Crippen molar-refractivity contribution in [2.75, 3.05) is 25.4 Å². The molecule has 1 rings (SSSR count). The van der Waals surface area contributed by atoms with Crippen molar-refractivity contribution < 1.29 is 4.79 Å². The Morgan fingerprint density at radius 1 is 1.69 bits per heavy atom. The highest BCUT2D eigenvalue weighted by molar-refractivity contribution is 7.99. The molecule has 0 aliphatic carbocycles. The Balaban J connectivity index is 2.37. The lowest BCUT2D eigenvalue weighted by atomic mass is 10.1. The van der Waals surface area contributed by atoms with Crippen molar-refractivity contribution in [3.63, 3.8) is 0 Å². The van der Waals surface area contributed by atoms with Crippen molar-refractivity contribution in [2.24, 2.45) is 5.73 Å². The number of amides is 1. The second-order valence-corrected chi connectivity index (χ2v) is 4.84. The second kappa shape index (κ2) is 5.50. The van der Waals surface area contributed by atoms with Crippen LogP contribution in [-0.4, -0.2) is 41.4 Å². The van der Waals surface area contributed by atoms with Gasteiger partial charge in [0.1, 0.15) is 0 Å². The third-order valence-electron chi connectivity index (χ3n) is 2.31. The fourth-order valence-corrected chi connectivity index (χ4v) is 2.76.